The van der Waals surface area contributed by atoms with Crippen LogP contribution in [0.4, 0.5) is 0 Å². The third-order valence-electron chi connectivity index (χ3n) is 5.51. The molecular weight excluding hydrogens is 342 g/mol. The Kier molecular flexibility index (Phi) is 9.38. The highest BCUT2D eigenvalue weighted by molar-refractivity contribution is 7.10. The molecule has 26 heavy (non-hydrogen) atoms. The van der Waals surface area contributed by atoms with Crippen molar-refractivity contribution in [2.75, 3.05) is 0 Å². The summed E-state index contributed by atoms with van der Waals surface area (Å²) >= 11 is 1.57. The van der Waals surface area contributed by atoms with Crippen molar-refractivity contribution >= 4 is 23.2 Å². The number of carbonyl (C=O) groups is 2. The van der Waals surface area contributed by atoms with Gasteiger partial charge in [0.15, 0.2) is 0 Å². The highest BCUT2D eigenvalue weighted by Crippen LogP contribution is 2.29. The van der Waals surface area contributed by atoms with Crippen LogP contribution in [0.1, 0.15) is 116 Å². The standard InChI is InChI=1S/C22H35NO2S/c1-3-5-7-9-13-17(12-8-6-4-2)14-10-11-15-19-20-18(16-26-19)21(24)23-22(20)25/h16-17H,3-15H2,1-2H3,(H,23,24,25). The number of carbonyl (C=O) groups excluding carboxylic acids is 2. The van der Waals surface area contributed by atoms with Crippen LogP contribution in [0.2, 0.25) is 0 Å². The first-order chi connectivity index (χ1) is 12.7. The molecule has 0 aromatic carbocycles. The van der Waals surface area contributed by atoms with E-state index in [1.807, 2.05) is 5.38 Å². The predicted molar refractivity (Wildman–Crippen MR) is 110 cm³/mol. The zero-order chi connectivity index (χ0) is 18.8. The maximum atomic E-state index is 11.9. The van der Waals surface area contributed by atoms with Crippen molar-refractivity contribution in [3.8, 4) is 0 Å². The summed E-state index contributed by atoms with van der Waals surface area (Å²) in [7, 11) is 0. The first kappa shape index (κ1) is 21.1. The molecule has 1 N–H and O–H groups in total. The van der Waals surface area contributed by atoms with Crippen molar-refractivity contribution in [2.45, 2.75) is 97.3 Å². The molecule has 2 heterocycles. The maximum Gasteiger partial charge on any atom is 0.260 e. The van der Waals surface area contributed by atoms with Gasteiger partial charge in [-0.3, -0.25) is 14.9 Å². The van der Waals surface area contributed by atoms with Gasteiger partial charge in [-0.05, 0) is 18.8 Å². The number of aryl methyl sites for hydroxylation is 1. The van der Waals surface area contributed by atoms with E-state index in [1.54, 1.807) is 11.3 Å². The summed E-state index contributed by atoms with van der Waals surface area (Å²) in [5.74, 6) is 0.447. The summed E-state index contributed by atoms with van der Waals surface area (Å²) in [6, 6.07) is 0. The Bertz CT molecular complexity index is 579. The van der Waals surface area contributed by atoms with Crippen molar-refractivity contribution in [3.05, 3.63) is 21.4 Å². The normalized spacial score (nSPS) is 14.5. The van der Waals surface area contributed by atoms with Crippen LogP contribution in [-0.2, 0) is 6.42 Å². The van der Waals surface area contributed by atoms with E-state index in [0.717, 1.165) is 23.6 Å². The number of unbranched alkanes of at least 4 members (excludes halogenated alkanes) is 6. The largest absolute Gasteiger partial charge is 0.288 e. The first-order valence-electron chi connectivity index (χ1n) is 10.6. The molecule has 1 atom stereocenters. The molecule has 0 aliphatic carbocycles. The van der Waals surface area contributed by atoms with Gasteiger partial charge in [-0.1, -0.05) is 84.5 Å². The molecule has 146 valence electrons. The summed E-state index contributed by atoms with van der Waals surface area (Å²) in [6.45, 7) is 4.55. The number of hydrogen-bond donors (Lipinski definition) is 1. The number of nitrogens with one attached hydrogen (secondary N) is 1. The Labute approximate surface area is 163 Å². The second kappa shape index (κ2) is 11.5. The maximum absolute atomic E-state index is 11.9. The van der Waals surface area contributed by atoms with E-state index < -0.39 is 0 Å². The van der Waals surface area contributed by atoms with Gasteiger partial charge in [-0.2, -0.15) is 0 Å². The van der Waals surface area contributed by atoms with E-state index in [2.05, 4.69) is 19.2 Å². The molecule has 0 saturated heterocycles. The number of thiophene rings is 1. The average Bonchev–Trinajstić information content (AvgIpc) is 3.17. The van der Waals surface area contributed by atoms with Crippen LogP contribution in [0.25, 0.3) is 0 Å². The van der Waals surface area contributed by atoms with Crippen LogP contribution in [0.15, 0.2) is 5.38 Å². The Morgan fingerprint density at radius 1 is 0.846 bits per heavy atom. The van der Waals surface area contributed by atoms with Crippen LogP contribution >= 0.6 is 11.3 Å². The zero-order valence-corrected chi connectivity index (χ0v) is 17.4. The second-order valence-electron chi connectivity index (χ2n) is 7.69. The molecule has 1 aliphatic heterocycles. The van der Waals surface area contributed by atoms with Crippen molar-refractivity contribution in [1.29, 1.82) is 0 Å². The summed E-state index contributed by atoms with van der Waals surface area (Å²) in [5, 5.41) is 4.24. The number of amides is 2. The molecular formula is C22H35NO2S. The minimum Gasteiger partial charge on any atom is -0.288 e. The zero-order valence-electron chi connectivity index (χ0n) is 16.6. The molecule has 4 heteroatoms. The van der Waals surface area contributed by atoms with E-state index in [9.17, 15) is 9.59 Å². The van der Waals surface area contributed by atoms with Crippen molar-refractivity contribution < 1.29 is 9.59 Å². The van der Waals surface area contributed by atoms with E-state index in [0.29, 0.717) is 11.1 Å². The quantitative estimate of drug-likeness (QED) is 0.297. The fraction of sp³-hybridized carbons (Fsp3) is 0.727. The van der Waals surface area contributed by atoms with Gasteiger partial charge in [0.05, 0.1) is 11.1 Å². The van der Waals surface area contributed by atoms with Gasteiger partial charge >= 0.3 is 0 Å². The van der Waals surface area contributed by atoms with Crippen LogP contribution in [0.3, 0.4) is 0 Å². The summed E-state index contributed by atoms with van der Waals surface area (Å²) in [4.78, 5) is 24.6. The van der Waals surface area contributed by atoms with Gasteiger partial charge in [0.25, 0.3) is 11.8 Å². The van der Waals surface area contributed by atoms with Crippen LogP contribution in [0.5, 0.6) is 0 Å². The van der Waals surface area contributed by atoms with Gasteiger partial charge in [-0.25, -0.2) is 0 Å². The van der Waals surface area contributed by atoms with Crippen LogP contribution < -0.4 is 5.32 Å². The fourth-order valence-electron chi connectivity index (χ4n) is 3.93. The Hall–Kier alpha value is -1.16. The SMILES string of the molecule is CCCCCCC(CCCCC)CCCCc1scc2c1C(=O)NC2=O. The third kappa shape index (κ3) is 6.22. The summed E-state index contributed by atoms with van der Waals surface area (Å²) in [5.41, 5.74) is 1.24. The van der Waals surface area contributed by atoms with Gasteiger partial charge in [0, 0.05) is 10.3 Å². The van der Waals surface area contributed by atoms with Gasteiger partial charge in [0.1, 0.15) is 0 Å². The average molecular weight is 378 g/mol. The van der Waals surface area contributed by atoms with Gasteiger partial charge in [0.2, 0.25) is 0 Å². The molecule has 2 rings (SSSR count). The van der Waals surface area contributed by atoms with E-state index >= 15 is 0 Å². The number of imide groups is 1. The van der Waals surface area contributed by atoms with E-state index in [1.165, 1.54) is 70.6 Å². The molecule has 3 nitrogen and oxygen atoms in total. The third-order valence-corrected chi connectivity index (χ3v) is 6.56. The Morgan fingerprint density at radius 3 is 2.15 bits per heavy atom. The van der Waals surface area contributed by atoms with Gasteiger partial charge < -0.3 is 0 Å². The molecule has 1 unspecified atom stereocenters. The number of hydrogen-bond acceptors (Lipinski definition) is 3. The molecule has 1 aromatic heterocycles. The molecule has 1 aromatic rings. The lowest BCUT2D eigenvalue weighted by atomic mass is 9.90. The lowest BCUT2D eigenvalue weighted by Crippen LogP contribution is -2.20. The Morgan fingerprint density at radius 2 is 1.46 bits per heavy atom. The van der Waals surface area contributed by atoms with Gasteiger partial charge in [-0.15, -0.1) is 11.3 Å². The smallest absolute Gasteiger partial charge is 0.260 e. The highest BCUT2D eigenvalue weighted by Gasteiger charge is 2.30. The second-order valence-corrected chi connectivity index (χ2v) is 8.65. The summed E-state index contributed by atoms with van der Waals surface area (Å²) < 4.78 is 0. The Balaban J connectivity index is 1.73. The van der Waals surface area contributed by atoms with Crippen LogP contribution in [-0.4, -0.2) is 11.8 Å². The van der Waals surface area contributed by atoms with Crippen molar-refractivity contribution in [2.24, 2.45) is 5.92 Å². The van der Waals surface area contributed by atoms with Crippen LogP contribution in [0, 0.1) is 5.92 Å². The predicted octanol–water partition coefficient (Wildman–Crippen LogP) is 6.51. The molecule has 2 amide bonds. The molecule has 0 fully saturated rings. The molecule has 0 spiro atoms. The molecule has 0 bridgehead atoms. The summed E-state index contributed by atoms with van der Waals surface area (Å²) in [6.07, 6.45) is 16.8. The van der Waals surface area contributed by atoms with Crippen molar-refractivity contribution in [1.82, 2.24) is 5.32 Å². The number of rotatable bonds is 14. The molecule has 1 aliphatic rings. The fourth-order valence-corrected chi connectivity index (χ4v) is 4.99. The molecule has 0 radical (unpaired) electrons. The lowest BCUT2D eigenvalue weighted by Gasteiger charge is -2.16. The molecule has 0 saturated carbocycles. The van der Waals surface area contributed by atoms with Crippen molar-refractivity contribution in [3.63, 3.8) is 0 Å². The highest BCUT2D eigenvalue weighted by atomic mass is 32.1. The van der Waals surface area contributed by atoms with E-state index in [-0.39, 0.29) is 11.8 Å². The number of fused-ring (bicyclic) bond motifs is 1. The van der Waals surface area contributed by atoms with E-state index in [4.69, 9.17) is 0 Å². The monoisotopic (exact) mass is 377 g/mol. The lowest BCUT2D eigenvalue weighted by molar-refractivity contribution is 0.0879. The minimum atomic E-state index is -0.226. The topological polar surface area (TPSA) is 46.2 Å². The minimum absolute atomic E-state index is 0.199. The first-order valence-corrected chi connectivity index (χ1v) is 11.5.